The van der Waals surface area contributed by atoms with Crippen LogP contribution in [-0.4, -0.2) is 75.7 Å². The van der Waals surface area contributed by atoms with Crippen LogP contribution in [0.15, 0.2) is 0 Å². The second-order valence-electron chi connectivity index (χ2n) is 4.23. The monoisotopic (exact) mass is 279 g/mol. The summed E-state index contributed by atoms with van der Waals surface area (Å²) in [7, 11) is 0. The maximum atomic E-state index is 9.05. The van der Waals surface area contributed by atoms with Gasteiger partial charge in [0.2, 0.25) is 0 Å². The highest BCUT2D eigenvalue weighted by Crippen LogP contribution is 1.88. The zero-order valence-electron chi connectivity index (χ0n) is 12.0. The molecule has 0 saturated heterocycles. The minimum Gasteiger partial charge on any atom is -0.394 e. The van der Waals surface area contributed by atoms with Gasteiger partial charge in [-0.05, 0) is 6.42 Å². The lowest BCUT2D eigenvalue weighted by Crippen LogP contribution is -2.31. The van der Waals surface area contributed by atoms with Crippen molar-refractivity contribution < 1.29 is 24.4 Å². The van der Waals surface area contributed by atoms with Crippen LogP contribution in [0.25, 0.3) is 0 Å². The van der Waals surface area contributed by atoms with Crippen LogP contribution in [0.3, 0.4) is 0 Å². The third kappa shape index (κ3) is 15.7. The Labute approximate surface area is 116 Å². The van der Waals surface area contributed by atoms with Gasteiger partial charge in [0.05, 0.1) is 45.7 Å². The van der Waals surface area contributed by atoms with Crippen LogP contribution in [0.1, 0.15) is 19.8 Å². The molecule has 0 aliphatic carbocycles. The lowest BCUT2D eigenvalue weighted by molar-refractivity contribution is 0.0141. The van der Waals surface area contributed by atoms with Crippen molar-refractivity contribution >= 4 is 0 Å². The molecule has 0 bridgehead atoms. The Morgan fingerprint density at radius 1 is 0.947 bits per heavy atom. The molecule has 1 atom stereocenters. The van der Waals surface area contributed by atoms with E-state index in [1.54, 1.807) is 0 Å². The van der Waals surface area contributed by atoms with E-state index in [1.807, 2.05) is 0 Å². The van der Waals surface area contributed by atoms with Crippen LogP contribution in [0.4, 0.5) is 0 Å². The Balaban J connectivity index is 2.95. The normalized spacial score (nSPS) is 12.8. The quantitative estimate of drug-likeness (QED) is 0.360. The summed E-state index contributed by atoms with van der Waals surface area (Å²) in [5.74, 6) is 0. The van der Waals surface area contributed by atoms with Crippen molar-refractivity contribution in [3.05, 3.63) is 0 Å². The molecule has 116 valence electrons. The summed E-state index contributed by atoms with van der Waals surface area (Å²) in [5.41, 5.74) is 0. The van der Waals surface area contributed by atoms with Gasteiger partial charge in [-0.25, -0.2) is 0 Å². The number of aliphatic hydroxyl groups is 2. The predicted octanol–water partition coefficient (Wildman–Crippen LogP) is -0.221. The third-order valence-corrected chi connectivity index (χ3v) is 2.40. The summed E-state index contributed by atoms with van der Waals surface area (Å²) < 4.78 is 16.0. The third-order valence-electron chi connectivity index (χ3n) is 2.40. The number of rotatable bonds is 15. The maximum Gasteiger partial charge on any atom is 0.0894 e. The Morgan fingerprint density at radius 2 is 1.53 bits per heavy atom. The van der Waals surface area contributed by atoms with Gasteiger partial charge in [0.25, 0.3) is 0 Å². The predicted molar refractivity (Wildman–Crippen MR) is 73.3 cm³/mol. The average Bonchev–Trinajstić information content (AvgIpc) is 2.43. The first-order valence-electron chi connectivity index (χ1n) is 7.04. The van der Waals surface area contributed by atoms with Gasteiger partial charge in [-0.1, -0.05) is 13.3 Å². The molecule has 0 rings (SSSR count). The molecule has 0 spiro atoms. The molecule has 1 unspecified atom stereocenters. The fourth-order valence-electron chi connectivity index (χ4n) is 1.27. The molecule has 3 N–H and O–H groups in total. The summed E-state index contributed by atoms with van der Waals surface area (Å²) >= 11 is 0. The molecule has 0 aliphatic heterocycles. The molecular formula is C13H29NO5. The van der Waals surface area contributed by atoms with E-state index in [2.05, 4.69) is 12.2 Å². The van der Waals surface area contributed by atoms with Crippen LogP contribution >= 0.6 is 0 Å². The van der Waals surface area contributed by atoms with Crippen LogP contribution in [0.2, 0.25) is 0 Å². The van der Waals surface area contributed by atoms with Crippen molar-refractivity contribution in [1.29, 1.82) is 0 Å². The summed E-state index contributed by atoms with van der Waals surface area (Å²) in [6.07, 6.45) is 1.55. The number of aliphatic hydroxyl groups excluding tert-OH is 2. The fraction of sp³-hybridized carbons (Fsp3) is 1.00. The molecule has 6 nitrogen and oxygen atoms in total. The van der Waals surface area contributed by atoms with Crippen LogP contribution in [0, 0.1) is 0 Å². The van der Waals surface area contributed by atoms with Crippen molar-refractivity contribution in [2.24, 2.45) is 0 Å². The lowest BCUT2D eigenvalue weighted by atomic mass is 10.4. The lowest BCUT2D eigenvalue weighted by Gasteiger charge is -2.09. The van der Waals surface area contributed by atoms with Crippen molar-refractivity contribution in [2.45, 2.75) is 25.9 Å². The van der Waals surface area contributed by atoms with Gasteiger partial charge in [-0.3, -0.25) is 0 Å². The highest BCUT2D eigenvalue weighted by Gasteiger charge is 1.99. The number of nitrogens with one attached hydrogen (secondary N) is 1. The van der Waals surface area contributed by atoms with E-state index in [9.17, 15) is 0 Å². The van der Waals surface area contributed by atoms with Crippen LogP contribution < -0.4 is 5.32 Å². The molecule has 0 aromatic rings. The van der Waals surface area contributed by atoms with Gasteiger partial charge in [0.15, 0.2) is 0 Å². The molecule has 0 radical (unpaired) electrons. The first-order valence-corrected chi connectivity index (χ1v) is 7.04. The molecule has 0 saturated carbocycles. The highest BCUT2D eigenvalue weighted by molar-refractivity contribution is 4.56. The Bertz CT molecular complexity index is 171. The Morgan fingerprint density at radius 3 is 2.11 bits per heavy atom. The molecule has 0 aliphatic rings. The Hall–Kier alpha value is -0.240. The van der Waals surface area contributed by atoms with E-state index in [-0.39, 0.29) is 6.61 Å². The smallest absolute Gasteiger partial charge is 0.0894 e. The number of hydrogen-bond donors (Lipinski definition) is 3. The van der Waals surface area contributed by atoms with E-state index >= 15 is 0 Å². The van der Waals surface area contributed by atoms with Crippen LogP contribution in [-0.2, 0) is 14.2 Å². The Kier molecular flexibility index (Phi) is 15.6. The number of hydrogen-bond acceptors (Lipinski definition) is 6. The topological polar surface area (TPSA) is 80.2 Å². The van der Waals surface area contributed by atoms with Gasteiger partial charge >= 0.3 is 0 Å². The fourth-order valence-corrected chi connectivity index (χ4v) is 1.27. The maximum absolute atomic E-state index is 9.05. The minimum atomic E-state index is -0.698. The zero-order valence-corrected chi connectivity index (χ0v) is 12.0. The SMILES string of the molecule is CCCCOCCOCCOCCNCC(O)CO. The number of ether oxygens (including phenoxy) is 3. The van der Waals surface area contributed by atoms with Gasteiger partial charge in [0.1, 0.15) is 0 Å². The summed E-state index contributed by atoms with van der Waals surface area (Å²) in [5, 5.41) is 20.6. The highest BCUT2D eigenvalue weighted by atomic mass is 16.5. The minimum absolute atomic E-state index is 0.220. The van der Waals surface area contributed by atoms with Crippen molar-refractivity contribution in [1.82, 2.24) is 5.32 Å². The van der Waals surface area contributed by atoms with Crippen molar-refractivity contribution in [3.8, 4) is 0 Å². The largest absolute Gasteiger partial charge is 0.394 e. The van der Waals surface area contributed by atoms with E-state index in [4.69, 9.17) is 24.4 Å². The van der Waals surface area contributed by atoms with Gasteiger partial charge in [-0.15, -0.1) is 0 Å². The van der Waals surface area contributed by atoms with Gasteiger partial charge in [0, 0.05) is 19.7 Å². The second-order valence-corrected chi connectivity index (χ2v) is 4.23. The molecule has 0 fully saturated rings. The second kappa shape index (κ2) is 15.8. The molecule has 19 heavy (non-hydrogen) atoms. The first kappa shape index (κ1) is 18.8. The van der Waals surface area contributed by atoms with Crippen molar-refractivity contribution in [2.75, 3.05) is 59.3 Å². The summed E-state index contributed by atoms with van der Waals surface area (Å²) in [6.45, 7) is 6.68. The summed E-state index contributed by atoms with van der Waals surface area (Å²) in [4.78, 5) is 0. The van der Waals surface area contributed by atoms with Gasteiger partial charge in [-0.2, -0.15) is 0 Å². The molecule has 0 aromatic heterocycles. The molecule has 0 aromatic carbocycles. The van der Waals surface area contributed by atoms with E-state index in [1.165, 1.54) is 0 Å². The standard InChI is InChI=1S/C13H29NO5/c1-2-3-5-17-7-9-19-10-8-18-6-4-14-11-13(16)12-15/h13-16H,2-12H2,1H3. The molecule has 0 heterocycles. The zero-order chi connectivity index (χ0) is 14.2. The van der Waals surface area contributed by atoms with E-state index < -0.39 is 6.10 Å². The van der Waals surface area contributed by atoms with E-state index in [0.717, 1.165) is 19.4 Å². The molecular weight excluding hydrogens is 250 g/mol. The average molecular weight is 279 g/mol. The van der Waals surface area contributed by atoms with Crippen molar-refractivity contribution in [3.63, 3.8) is 0 Å². The first-order chi connectivity index (χ1) is 9.31. The molecule has 6 heteroatoms. The van der Waals surface area contributed by atoms with E-state index in [0.29, 0.717) is 46.1 Å². The summed E-state index contributed by atoms with van der Waals surface area (Å²) in [6, 6.07) is 0. The number of unbranched alkanes of at least 4 members (excludes halogenated alkanes) is 1. The molecule has 0 amide bonds. The van der Waals surface area contributed by atoms with Crippen LogP contribution in [0.5, 0.6) is 0 Å². The van der Waals surface area contributed by atoms with Gasteiger partial charge < -0.3 is 29.7 Å².